The molecule has 0 aromatic carbocycles. The van der Waals surface area contributed by atoms with Gasteiger partial charge in [0.15, 0.2) is 0 Å². The highest BCUT2D eigenvalue weighted by Crippen LogP contribution is 2.26. The quantitative estimate of drug-likeness (QED) is 0.820. The minimum absolute atomic E-state index is 0.0896. The Hall–Kier alpha value is -1.38. The van der Waals surface area contributed by atoms with Crippen LogP contribution < -0.4 is 0 Å². The molecule has 2 rings (SSSR count). The van der Waals surface area contributed by atoms with E-state index in [1.807, 2.05) is 30.9 Å². The highest BCUT2D eigenvalue weighted by molar-refractivity contribution is 5.93. The number of rotatable bonds is 5. The maximum Gasteiger partial charge on any atom is 0.255 e. The Morgan fingerprint density at radius 3 is 2.45 bits per heavy atom. The van der Waals surface area contributed by atoms with E-state index >= 15 is 0 Å². The summed E-state index contributed by atoms with van der Waals surface area (Å²) in [5.41, 5.74) is 1.84. The van der Waals surface area contributed by atoms with Crippen molar-refractivity contribution in [3.8, 4) is 0 Å². The Labute approximate surface area is 122 Å². The van der Waals surface area contributed by atoms with Gasteiger partial charge in [-0.3, -0.25) is 9.78 Å². The Morgan fingerprint density at radius 2 is 1.90 bits per heavy atom. The standard InChI is InChI=1S/C17H26N2O/c1-3-19(4-2)17(20)15-10-11-16(18-13-15)12-14-8-6-5-7-9-14/h10-11,13-14H,3-9,12H2,1-2H3. The van der Waals surface area contributed by atoms with E-state index in [0.29, 0.717) is 5.56 Å². The third kappa shape index (κ3) is 3.81. The van der Waals surface area contributed by atoms with E-state index in [2.05, 4.69) is 4.98 Å². The molecule has 3 heteroatoms. The summed E-state index contributed by atoms with van der Waals surface area (Å²) in [6, 6.07) is 3.97. The normalized spacial score (nSPS) is 16.1. The van der Waals surface area contributed by atoms with Crippen molar-refractivity contribution in [2.75, 3.05) is 13.1 Å². The van der Waals surface area contributed by atoms with Crippen LogP contribution in [0.4, 0.5) is 0 Å². The molecule has 0 radical (unpaired) electrons. The van der Waals surface area contributed by atoms with Crippen LogP contribution in [0.15, 0.2) is 18.3 Å². The SMILES string of the molecule is CCN(CC)C(=O)c1ccc(CC2CCCCC2)nc1. The summed E-state index contributed by atoms with van der Waals surface area (Å²) in [4.78, 5) is 18.5. The van der Waals surface area contributed by atoms with Gasteiger partial charge >= 0.3 is 0 Å². The highest BCUT2D eigenvalue weighted by atomic mass is 16.2. The minimum Gasteiger partial charge on any atom is -0.339 e. The zero-order valence-electron chi connectivity index (χ0n) is 12.8. The second kappa shape index (κ2) is 7.41. The smallest absolute Gasteiger partial charge is 0.255 e. The third-order valence-corrected chi connectivity index (χ3v) is 4.34. The summed E-state index contributed by atoms with van der Waals surface area (Å²) in [5.74, 6) is 0.882. The molecule has 1 amide bonds. The molecule has 1 aromatic rings. The van der Waals surface area contributed by atoms with Crippen molar-refractivity contribution >= 4 is 5.91 Å². The van der Waals surface area contributed by atoms with Gasteiger partial charge in [0, 0.05) is 25.0 Å². The minimum atomic E-state index is 0.0896. The van der Waals surface area contributed by atoms with E-state index in [0.717, 1.165) is 31.1 Å². The fourth-order valence-corrected chi connectivity index (χ4v) is 3.05. The highest BCUT2D eigenvalue weighted by Gasteiger charge is 2.16. The van der Waals surface area contributed by atoms with Crippen LogP contribution in [-0.4, -0.2) is 28.9 Å². The first kappa shape index (κ1) is 15.0. The first-order valence-electron chi connectivity index (χ1n) is 7.98. The second-order valence-electron chi connectivity index (χ2n) is 5.72. The molecule has 0 spiro atoms. The number of carbonyl (C=O) groups is 1. The van der Waals surface area contributed by atoms with E-state index < -0.39 is 0 Å². The lowest BCUT2D eigenvalue weighted by atomic mass is 9.86. The predicted octanol–water partition coefficient (Wildman–Crippen LogP) is 3.69. The molecule has 3 nitrogen and oxygen atoms in total. The van der Waals surface area contributed by atoms with Gasteiger partial charge in [0.25, 0.3) is 5.91 Å². The Kier molecular flexibility index (Phi) is 5.57. The first-order valence-corrected chi connectivity index (χ1v) is 7.98. The van der Waals surface area contributed by atoms with Gasteiger partial charge in [-0.05, 0) is 38.3 Å². The fourth-order valence-electron chi connectivity index (χ4n) is 3.05. The fraction of sp³-hybridized carbons (Fsp3) is 0.647. The first-order chi connectivity index (χ1) is 9.74. The van der Waals surface area contributed by atoms with Gasteiger partial charge in [0.05, 0.1) is 5.56 Å². The predicted molar refractivity (Wildman–Crippen MR) is 81.8 cm³/mol. The van der Waals surface area contributed by atoms with E-state index in [1.165, 1.54) is 32.1 Å². The summed E-state index contributed by atoms with van der Waals surface area (Å²) < 4.78 is 0. The van der Waals surface area contributed by atoms with Crippen LogP contribution in [0.25, 0.3) is 0 Å². The molecular weight excluding hydrogens is 248 g/mol. The number of carbonyl (C=O) groups excluding carboxylic acids is 1. The number of nitrogens with zero attached hydrogens (tertiary/aromatic N) is 2. The van der Waals surface area contributed by atoms with Crippen molar-refractivity contribution in [2.24, 2.45) is 5.92 Å². The van der Waals surface area contributed by atoms with E-state index in [1.54, 1.807) is 6.20 Å². The third-order valence-electron chi connectivity index (χ3n) is 4.34. The topological polar surface area (TPSA) is 33.2 Å². The largest absolute Gasteiger partial charge is 0.339 e. The van der Waals surface area contributed by atoms with Gasteiger partial charge < -0.3 is 4.90 Å². The number of pyridine rings is 1. The van der Waals surface area contributed by atoms with Gasteiger partial charge in [-0.25, -0.2) is 0 Å². The molecule has 1 heterocycles. The average molecular weight is 274 g/mol. The molecule has 1 aromatic heterocycles. The summed E-state index contributed by atoms with van der Waals surface area (Å²) >= 11 is 0. The van der Waals surface area contributed by atoms with Crippen molar-refractivity contribution < 1.29 is 4.79 Å². The summed E-state index contributed by atoms with van der Waals surface area (Å²) in [6.07, 6.45) is 9.61. The average Bonchev–Trinajstić information content (AvgIpc) is 2.50. The molecule has 0 aliphatic heterocycles. The molecule has 0 saturated heterocycles. The molecule has 1 fully saturated rings. The maximum absolute atomic E-state index is 12.2. The number of hydrogen-bond donors (Lipinski definition) is 0. The van der Waals surface area contributed by atoms with Crippen LogP contribution in [0.1, 0.15) is 62.0 Å². The van der Waals surface area contributed by atoms with Crippen LogP contribution >= 0.6 is 0 Å². The monoisotopic (exact) mass is 274 g/mol. The van der Waals surface area contributed by atoms with Gasteiger partial charge in [-0.15, -0.1) is 0 Å². The summed E-state index contributed by atoms with van der Waals surface area (Å²) in [7, 11) is 0. The summed E-state index contributed by atoms with van der Waals surface area (Å²) in [5, 5.41) is 0. The molecular formula is C17H26N2O. The molecule has 1 aliphatic rings. The molecule has 0 N–H and O–H groups in total. The van der Waals surface area contributed by atoms with Crippen LogP contribution in [0.3, 0.4) is 0 Å². The lowest BCUT2D eigenvalue weighted by Crippen LogP contribution is -2.30. The molecule has 0 atom stereocenters. The van der Waals surface area contributed by atoms with Crippen molar-refractivity contribution in [3.63, 3.8) is 0 Å². The Balaban J connectivity index is 1.96. The van der Waals surface area contributed by atoms with Gasteiger partial charge in [0.2, 0.25) is 0 Å². The van der Waals surface area contributed by atoms with Crippen molar-refractivity contribution in [1.82, 2.24) is 9.88 Å². The van der Waals surface area contributed by atoms with E-state index in [-0.39, 0.29) is 5.91 Å². The number of amides is 1. The lowest BCUT2D eigenvalue weighted by Gasteiger charge is -2.21. The maximum atomic E-state index is 12.2. The zero-order valence-corrected chi connectivity index (χ0v) is 12.8. The van der Waals surface area contributed by atoms with Gasteiger partial charge in [0.1, 0.15) is 0 Å². The lowest BCUT2D eigenvalue weighted by molar-refractivity contribution is 0.0772. The van der Waals surface area contributed by atoms with E-state index in [4.69, 9.17) is 0 Å². The van der Waals surface area contributed by atoms with E-state index in [9.17, 15) is 4.79 Å². The number of aromatic nitrogens is 1. The van der Waals surface area contributed by atoms with Crippen molar-refractivity contribution in [1.29, 1.82) is 0 Å². The molecule has 0 unspecified atom stereocenters. The molecule has 0 bridgehead atoms. The number of hydrogen-bond acceptors (Lipinski definition) is 2. The summed E-state index contributed by atoms with van der Waals surface area (Å²) in [6.45, 7) is 5.51. The molecule has 110 valence electrons. The Morgan fingerprint density at radius 1 is 1.20 bits per heavy atom. The second-order valence-corrected chi connectivity index (χ2v) is 5.72. The van der Waals surface area contributed by atoms with Crippen LogP contribution in [0.5, 0.6) is 0 Å². The molecule has 1 aliphatic carbocycles. The molecule has 1 saturated carbocycles. The van der Waals surface area contributed by atoms with Gasteiger partial charge in [-0.1, -0.05) is 32.1 Å². The zero-order chi connectivity index (χ0) is 14.4. The van der Waals surface area contributed by atoms with Crippen molar-refractivity contribution in [2.45, 2.75) is 52.4 Å². The molecule has 20 heavy (non-hydrogen) atoms. The van der Waals surface area contributed by atoms with Crippen LogP contribution in [-0.2, 0) is 6.42 Å². The van der Waals surface area contributed by atoms with Crippen molar-refractivity contribution in [3.05, 3.63) is 29.6 Å². The van der Waals surface area contributed by atoms with Gasteiger partial charge in [-0.2, -0.15) is 0 Å². The Bertz CT molecular complexity index is 417. The van der Waals surface area contributed by atoms with Crippen LogP contribution in [0.2, 0.25) is 0 Å². The van der Waals surface area contributed by atoms with Crippen LogP contribution in [0, 0.1) is 5.92 Å².